The third-order valence-electron chi connectivity index (χ3n) is 1.56. The molecule has 0 fully saturated rings. The lowest BCUT2D eigenvalue weighted by Crippen LogP contribution is -1.67. The highest BCUT2D eigenvalue weighted by Crippen LogP contribution is 2.15. The molecule has 3 N–H and O–H groups in total. The molecular weight excluding hydrogens is 208 g/mol. The standard InChI is InChI=1S/C8H8N2S.ClH.H2O/c1-11-8-9-6-4-2-3-5-7(6)10-8;;/h2-5H,1H3,(H,9,10);1H;1H2. The maximum Gasteiger partial charge on any atom is 0.166 e. The first kappa shape index (κ1) is 12.3. The molecule has 72 valence electrons. The SMILES string of the molecule is CSc1nc2ccccc2[nH]1.Cl.O. The van der Waals surface area contributed by atoms with Gasteiger partial charge in [-0.1, -0.05) is 23.9 Å². The van der Waals surface area contributed by atoms with E-state index in [0.29, 0.717) is 0 Å². The fourth-order valence-electron chi connectivity index (χ4n) is 1.03. The van der Waals surface area contributed by atoms with Crippen molar-refractivity contribution in [3.63, 3.8) is 0 Å². The normalized spacial score (nSPS) is 9.00. The number of rotatable bonds is 1. The Morgan fingerprint density at radius 3 is 2.62 bits per heavy atom. The maximum atomic E-state index is 4.34. The van der Waals surface area contributed by atoms with E-state index in [-0.39, 0.29) is 17.9 Å². The fourth-order valence-corrected chi connectivity index (χ4v) is 1.43. The summed E-state index contributed by atoms with van der Waals surface area (Å²) in [6.45, 7) is 0. The molecule has 1 aromatic carbocycles. The largest absolute Gasteiger partial charge is 0.412 e. The van der Waals surface area contributed by atoms with Crippen molar-refractivity contribution < 1.29 is 5.48 Å². The van der Waals surface area contributed by atoms with Gasteiger partial charge >= 0.3 is 0 Å². The molecule has 2 aromatic rings. The fraction of sp³-hybridized carbons (Fsp3) is 0.125. The predicted octanol–water partition coefficient (Wildman–Crippen LogP) is 1.88. The van der Waals surface area contributed by atoms with Gasteiger partial charge in [0.2, 0.25) is 0 Å². The Balaban J connectivity index is 0.000000720. The second kappa shape index (κ2) is 5.11. The Morgan fingerprint density at radius 2 is 2.00 bits per heavy atom. The van der Waals surface area contributed by atoms with Crippen LogP contribution in [0.4, 0.5) is 0 Å². The zero-order valence-corrected chi connectivity index (χ0v) is 8.71. The number of H-pyrrole nitrogens is 1. The smallest absolute Gasteiger partial charge is 0.166 e. The lowest BCUT2D eigenvalue weighted by Gasteiger charge is -1.81. The number of aromatic amines is 1. The lowest BCUT2D eigenvalue weighted by molar-refractivity contribution is 0.824. The molecule has 0 radical (unpaired) electrons. The molecule has 5 heteroatoms. The monoisotopic (exact) mass is 218 g/mol. The van der Waals surface area contributed by atoms with Crippen molar-refractivity contribution in [3.05, 3.63) is 24.3 Å². The van der Waals surface area contributed by atoms with Gasteiger partial charge in [0.15, 0.2) is 5.16 Å². The van der Waals surface area contributed by atoms with Crippen molar-refractivity contribution in [2.24, 2.45) is 0 Å². The average molecular weight is 219 g/mol. The number of benzene rings is 1. The third-order valence-corrected chi connectivity index (χ3v) is 2.14. The summed E-state index contributed by atoms with van der Waals surface area (Å²) in [6.07, 6.45) is 2.01. The van der Waals surface area contributed by atoms with Crippen molar-refractivity contribution in [1.29, 1.82) is 0 Å². The van der Waals surface area contributed by atoms with Crippen LogP contribution in [0.2, 0.25) is 0 Å². The van der Waals surface area contributed by atoms with Crippen molar-refractivity contribution in [2.45, 2.75) is 5.16 Å². The number of nitrogens with zero attached hydrogens (tertiary/aromatic N) is 1. The summed E-state index contributed by atoms with van der Waals surface area (Å²) in [6, 6.07) is 8.03. The van der Waals surface area contributed by atoms with Gasteiger partial charge in [-0.15, -0.1) is 12.4 Å². The van der Waals surface area contributed by atoms with Gasteiger partial charge in [-0.25, -0.2) is 4.98 Å². The van der Waals surface area contributed by atoms with E-state index < -0.39 is 0 Å². The van der Waals surface area contributed by atoms with Gasteiger partial charge in [-0.05, 0) is 18.4 Å². The number of nitrogens with one attached hydrogen (secondary N) is 1. The highest BCUT2D eigenvalue weighted by atomic mass is 35.5. The number of para-hydroxylation sites is 2. The average Bonchev–Trinajstić information content (AvgIpc) is 2.46. The Bertz CT molecular complexity index is 344. The third kappa shape index (κ3) is 2.37. The summed E-state index contributed by atoms with van der Waals surface area (Å²) in [5, 5.41) is 0.978. The van der Waals surface area contributed by atoms with E-state index in [1.807, 2.05) is 30.5 Å². The van der Waals surface area contributed by atoms with Gasteiger partial charge in [0.25, 0.3) is 0 Å². The molecule has 0 atom stereocenters. The molecule has 0 saturated carbocycles. The van der Waals surface area contributed by atoms with E-state index in [4.69, 9.17) is 0 Å². The zero-order chi connectivity index (χ0) is 7.68. The molecule has 1 heterocycles. The topological polar surface area (TPSA) is 60.2 Å². The summed E-state index contributed by atoms with van der Waals surface area (Å²) in [7, 11) is 0. The van der Waals surface area contributed by atoms with E-state index in [9.17, 15) is 0 Å². The van der Waals surface area contributed by atoms with Crippen LogP contribution in [0.3, 0.4) is 0 Å². The van der Waals surface area contributed by atoms with Crippen LogP contribution in [0.25, 0.3) is 11.0 Å². The number of imidazole rings is 1. The molecule has 0 aliphatic rings. The van der Waals surface area contributed by atoms with Gasteiger partial charge in [-0.2, -0.15) is 0 Å². The maximum absolute atomic E-state index is 4.34. The molecule has 3 nitrogen and oxygen atoms in total. The molecule has 0 bridgehead atoms. The quantitative estimate of drug-likeness (QED) is 0.743. The van der Waals surface area contributed by atoms with Crippen molar-refractivity contribution in [3.8, 4) is 0 Å². The van der Waals surface area contributed by atoms with Crippen LogP contribution < -0.4 is 0 Å². The first-order valence-corrected chi connectivity index (χ1v) is 4.61. The van der Waals surface area contributed by atoms with E-state index >= 15 is 0 Å². The molecule has 2 rings (SSSR count). The van der Waals surface area contributed by atoms with E-state index in [1.165, 1.54) is 0 Å². The Hall–Kier alpha value is -0.710. The Labute approximate surface area is 86.7 Å². The highest BCUT2D eigenvalue weighted by Gasteiger charge is 1.97. The van der Waals surface area contributed by atoms with Crippen molar-refractivity contribution in [2.75, 3.05) is 6.26 Å². The number of aromatic nitrogens is 2. The summed E-state index contributed by atoms with van der Waals surface area (Å²) in [4.78, 5) is 7.54. The minimum absolute atomic E-state index is 0. The second-order valence-electron chi connectivity index (χ2n) is 2.26. The molecule has 1 aromatic heterocycles. The minimum atomic E-state index is 0. The second-order valence-corrected chi connectivity index (χ2v) is 3.06. The molecule has 0 spiro atoms. The zero-order valence-electron chi connectivity index (χ0n) is 7.07. The van der Waals surface area contributed by atoms with Crippen LogP contribution >= 0.6 is 24.2 Å². The molecule has 0 aliphatic carbocycles. The first-order chi connectivity index (χ1) is 5.40. The lowest BCUT2D eigenvalue weighted by atomic mass is 10.3. The van der Waals surface area contributed by atoms with Crippen molar-refractivity contribution >= 4 is 35.2 Å². The predicted molar refractivity (Wildman–Crippen MR) is 58.7 cm³/mol. The van der Waals surface area contributed by atoms with Crippen LogP contribution in [0.1, 0.15) is 0 Å². The van der Waals surface area contributed by atoms with E-state index in [2.05, 4.69) is 9.97 Å². The van der Waals surface area contributed by atoms with Crippen LogP contribution in [-0.4, -0.2) is 21.7 Å². The van der Waals surface area contributed by atoms with Crippen LogP contribution in [0.15, 0.2) is 29.4 Å². The van der Waals surface area contributed by atoms with Gasteiger partial charge in [-0.3, -0.25) is 0 Å². The minimum Gasteiger partial charge on any atom is -0.412 e. The highest BCUT2D eigenvalue weighted by molar-refractivity contribution is 7.98. The number of halogens is 1. The summed E-state index contributed by atoms with van der Waals surface area (Å²) >= 11 is 1.63. The number of hydrogen-bond acceptors (Lipinski definition) is 2. The molecule has 0 saturated heterocycles. The van der Waals surface area contributed by atoms with E-state index in [1.54, 1.807) is 11.8 Å². The van der Waals surface area contributed by atoms with Crippen molar-refractivity contribution in [1.82, 2.24) is 9.97 Å². The number of fused-ring (bicyclic) bond motifs is 1. The van der Waals surface area contributed by atoms with E-state index in [0.717, 1.165) is 16.2 Å². The van der Waals surface area contributed by atoms with Crippen LogP contribution in [0.5, 0.6) is 0 Å². The summed E-state index contributed by atoms with van der Waals surface area (Å²) < 4.78 is 0. The van der Waals surface area contributed by atoms with Gasteiger partial charge in [0.1, 0.15) is 0 Å². The summed E-state index contributed by atoms with van der Waals surface area (Å²) in [5.74, 6) is 0. The van der Waals surface area contributed by atoms with Gasteiger partial charge < -0.3 is 10.5 Å². The first-order valence-electron chi connectivity index (χ1n) is 3.39. The molecule has 13 heavy (non-hydrogen) atoms. The van der Waals surface area contributed by atoms with Crippen LogP contribution in [-0.2, 0) is 0 Å². The number of thioether (sulfide) groups is 1. The Kier molecular flexibility index (Phi) is 4.83. The molecule has 0 unspecified atom stereocenters. The van der Waals surface area contributed by atoms with Gasteiger partial charge in [0.05, 0.1) is 11.0 Å². The molecule has 0 amide bonds. The van der Waals surface area contributed by atoms with Crippen LogP contribution in [0, 0.1) is 0 Å². The Morgan fingerprint density at radius 1 is 1.31 bits per heavy atom. The number of hydrogen-bond donors (Lipinski definition) is 1. The molecular formula is C8H11ClN2OS. The molecule has 0 aliphatic heterocycles. The summed E-state index contributed by atoms with van der Waals surface area (Å²) in [5.41, 5.74) is 2.15. The van der Waals surface area contributed by atoms with Gasteiger partial charge in [0, 0.05) is 0 Å².